The van der Waals surface area contributed by atoms with E-state index in [1.54, 1.807) is 6.20 Å². The van der Waals surface area contributed by atoms with E-state index in [2.05, 4.69) is 23.2 Å². The fourth-order valence-electron chi connectivity index (χ4n) is 4.43. The summed E-state index contributed by atoms with van der Waals surface area (Å²) < 4.78 is 5.60. The second-order valence-corrected chi connectivity index (χ2v) is 7.79. The largest absolute Gasteiger partial charge is 0.493 e. The van der Waals surface area contributed by atoms with Gasteiger partial charge < -0.3 is 9.64 Å². The number of hydrogen-bond acceptors (Lipinski definition) is 3. The first-order valence-electron chi connectivity index (χ1n) is 10.4. The highest BCUT2D eigenvalue weighted by molar-refractivity contribution is 5.95. The minimum absolute atomic E-state index is 0.104. The number of ether oxygens (including phenoxy) is 1. The lowest BCUT2D eigenvalue weighted by Crippen LogP contribution is -2.38. The number of carbonyl (C=O) groups is 1. The fourth-order valence-corrected chi connectivity index (χ4v) is 4.43. The zero-order chi connectivity index (χ0) is 19.6. The van der Waals surface area contributed by atoms with E-state index in [0.717, 1.165) is 61.3 Å². The summed E-state index contributed by atoms with van der Waals surface area (Å²) in [5.74, 6) is 1.10. The molecule has 1 atom stereocenters. The smallest absolute Gasteiger partial charge is 0.254 e. The van der Waals surface area contributed by atoms with Crippen LogP contribution in [0.3, 0.4) is 0 Å². The van der Waals surface area contributed by atoms with E-state index in [1.165, 1.54) is 11.1 Å². The molecule has 29 heavy (non-hydrogen) atoms. The summed E-state index contributed by atoms with van der Waals surface area (Å²) in [6.45, 7) is 1.56. The molecule has 0 saturated carbocycles. The van der Waals surface area contributed by atoms with E-state index >= 15 is 0 Å². The molecular formula is C25H24N2O2. The maximum atomic E-state index is 13.3. The van der Waals surface area contributed by atoms with Crippen molar-refractivity contribution < 1.29 is 9.53 Å². The second kappa shape index (κ2) is 7.70. The van der Waals surface area contributed by atoms with Crippen molar-refractivity contribution in [1.29, 1.82) is 0 Å². The molecule has 3 heterocycles. The highest BCUT2D eigenvalue weighted by Crippen LogP contribution is 2.33. The van der Waals surface area contributed by atoms with Crippen molar-refractivity contribution in [2.45, 2.75) is 31.7 Å². The highest BCUT2D eigenvalue weighted by atomic mass is 16.5. The predicted molar refractivity (Wildman–Crippen MR) is 113 cm³/mol. The Hall–Kier alpha value is -3.14. The Morgan fingerprint density at radius 2 is 1.90 bits per heavy atom. The third-order valence-corrected chi connectivity index (χ3v) is 5.99. The maximum Gasteiger partial charge on any atom is 0.254 e. The molecule has 0 N–H and O–H groups in total. The number of fused-ring (bicyclic) bond motifs is 1. The third kappa shape index (κ3) is 3.51. The molecule has 0 radical (unpaired) electrons. The van der Waals surface area contributed by atoms with Gasteiger partial charge in [0.1, 0.15) is 5.75 Å². The van der Waals surface area contributed by atoms with Crippen LogP contribution in [0.15, 0.2) is 67.0 Å². The Morgan fingerprint density at radius 3 is 2.72 bits per heavy atom. The number of nitrogens with zero attached hydrogens (tertiary/aromatic N) is 2. The number of piperidine rings is 1. The summed E-state index contributed by atoms with van der Waals surface area (Å²) in [5, 5.41) is 0. The van der Waals surface area contributed by atoms with E-state index < -0.39 is 0 Å². The van der Waals surface area contributed by atoms with Crippen LogP contribution in [0, 0.1) is 0 Å². The van der Waals surface area contributed by atoms with E-state index in [-0.39, 0.29) is 11.9 Å². The zero-order valence-corrected chi connectivity index (χ0v) is 16.4. The van der Waals surface area contributed by atoms with Crippen molar-refractivity contribution in [1.82, 2.24) is 9.88 Å². The molecule has 2 aliphatic rings. The Bertz CT molecular complexity index is 1010. The molecule has 4 heteroatoms. The van der Waals surface area contributed by atoms with Gasteiger partial charge in [0, 0.05) is 30.9 Å². The first kappa shape index (κ1) is 17.9. The Labute approximate surface area is 171 Å². The average Bonchev–Trinajstić information content (AvgIpc) is 3.27. The molecule has 0 unspecified atom stereocenters. The van der Waals surface area contributed by atoms with Crippen molar-refractivity contribution in [2.75, 3.05) is 13.2 Å². The van der Waals surface area contributed by atoms with Crippen LogP contribution in [0.4, 0.5) is 0 Å². The molecule has 1 amide bonds. The van der Waals surface area contributed by atoms with Crippen LogP contribution in [-0.2, 0) is 6.42 Å². The van der Waals surface area contributed by atoms with Crippen LogP contribution in [0.25, 0.3) is 11.1 Å². The number of amides is 1. The number of hydrogen-bond donors (Lipinski definition) is 0. The van der Waals surface area contributed by atoms with Crippen molar-refractivity contribution in [2.24, 2.45) is 0 Å². The van der Waals surface area contributed by atoms with E-state index in [1.807, 2.05) is 47.5 Å². The minimum Gasteiger partial charge on any atom is -0.493 e. The van der Waals surface area contributed by atoms with Crippen molar-refractivity contribution in [3.63, 3.8) is 0 Å². The van der Waals surface area contributed by atoms with Crippen molar-refractivity contribution in [3.8, 4) is 16.9 Å². The zero-order valence-electron chi connectivity index (χ0n) is 16.4. The van der Waals surface area contributed by atoms with Gasteiger partial charge in [0.25, 0.3) is 5.91 Å². The lowest BCUT2D eigenvalue weighted by Gasteiger charge is -2.36. The number of carbonyl (C=O) groups excluding carboxylic acids is 1. The van der Waals surface area contributed by atoms with E-state index in [9.17, 15) is 4.79 Å². The molecule has 3 aromatic rings. The second-order valence-electron chi connectivity index (χ2n) is 7.79. The summed E-state index contributed by atoms with van der Waals surface area (Å²) in [6, 6.07) is 18.5. The SMILES string of the molecule is O=C(c1ccc(-c2ccc3c(c2)CCO3)cc1)N1CCCC[C@H]1c1cccnc1. The molecule has 146 valence electrons. The Morgan fingerprint density at radius 1 is 1.03 bits per heavy atom. The molecule has 2 aliphatic heterocycles. The summed E-state index contributed by atoms with van der Waals surface area (Å²) in [4.78, 5) is 19.5. The van der Waals surface area contributed by atoms with Gasteiger partial charge in [-0.2, -0.15) is 0 Å². The molecule has 1 fully saturated rings. The van der Waals surface area contributed by atoms with Gasteiger partial charge >= 0.3 is 0 Å². The summed E-state index contributed by atoms with van der Waals surface area (Å²) >= 11 is 0. The molecule has 1 saturated heterocycles. The number of pyridine rings is 1. The van der Waals surface area contributed by atoms with Gasteiger partial charge in [-0.15, -0.1) is 0 Å². The van der Waals surface area contributed by atoms with Crippen LogP contribution in [0.2, 0.25) is 0 Å². The van der Waals surface area contributed by atoms with Crippen molar-refractivity contribution in [3.05, 3.63) is 83.7 Å². The normalized spacial score (nSPS) is 18.2. The first-order chi connectivity index (χ1) is 14.3. The van der Waals surface area contributed by atoms with Gasteiger partial charge in [0.05, 0.1) is 12.6 Å². The third-order valence-electron chi connectivity index (χ3n) is 5.99. The van der Waals surface area contributed by atoms with Gasteiger partial charge in [-0.05, 0) is 71.8 Å². The number of aromatic nitrogens is 1. The van der Waals surface area contributed by atoms with Gasteiger partial charge in [0.2, 0.25) is 0 Å². The topological polar surface area (TPSA) is 42.4 Å². The van der Waals surface area contributed by atoms with E-state index in [0.29, 0.717) is 0 Å². The van der Waals surface area contributed by atoms with Crippen LogP contribution >= 0.6 is 0 Å². The van der Waals surface area contributed by atoms with Crippen LogP contribution in [0.5, 0.6) is 5.75 Å². The van der Waals surface area contributed by atoms with Crippen LogP contribution in [-0.4, -0.2) is 28.9 Å². The number of benzene rings is 2. The molecular weight excluding hydrogens is 360 g/mol. The molecule has 0 spiro atoms. The van der Waals surface area contributed by atoms with Gasteiger partial charge in [-0.3, -0.25) is 9.78 Å². The van der Waals surface area contributed by atoms with Gasteiger partial charge in [0.15, 0.2) is 0 Å². The standard InChI is InChI=1S/C25H24N2O2/c28-25(27-14-2-1-5-23(27)22-4-3-13-26-17-22)19-8-6-18(7-9-19)20-10-11-24-21(16-20)12-15-29-24/h3-4,6-11,13,16-17,23H,1-2,5,12,14-15H2/t23-/m0/s1. The molecule has 5 rings (SSSR count). The Balaban J connectivity index is 1.38. The van der Waals surface area contributed by atoms with Gasteiger partial charge in [-0.25, -0.2) is 0 Å². The molecule has 1 aromatic heterocycles. The van der Waals surface area contributed by atoms with Crippen LogP contribution < -0.4 is 4.74 Å². The summed E-state index contributed by atoms with van der Waals surface area (Å²) in [5.41, 5.74) is 5.42. The maximum absolute atomic E-state index is 13.3. The van der Waals surface area contributed by atoms with Crippen LogP contribution in [0.1, 0.15) is 46.8 Å². The minimum atomic E-state index is 0.104. The summed E-state index contributed by atoms with van der Waals surface area (Å²) in [6.07, 6.45) is 7.82. The highest BCUT2D eigenvalue weighted by Gasteiger charge is 2.28. The number of rotatable bonds is 3. The lowest BCUT2D eigenvalue weighted by atomic mass is 9.95. The molecule has 4 nitrogen and oxygen atoms in total. The predicted octanol–water partition coefficient (Wildman–Crippen LogP) is 5.05. The Kier molecular flexibility index (Phi) is 4.76. The monoisotopic (exact) mass is 384 g/mol. The first-order valence-corrected chi connectivity index (χ1v) is 10.4. The molecule has 2 aromatic carbocycles. The quantitative estimate of drug-likeness (QED) is 0.634. The lowest BCUT2D eigenvalue weighted by molar-refractivity contribution is 0.0611. The average molecular weight is 384 g/mol. The fraction of sp³-hybridized carbons (Fsp3) is 0.280. The van der Waals surface area contributed by atoms with Gasteiger partial charge in [-0.1, -0.05) is 24.3 Å². The molecule has 0 bridgehead atoms. The molecule has 0 aliphatic carbocycles. The number of likely N-dealkylation sites (tertiary alicyclic amines) is 1. The summed E-state index contributed by atoms with van der Waals surface area (Å²) in [7, 11) is 0. The van der Waals surface area contributed by atoms with Crippen molar-refractivity contribution >= 4 is 5.91 Å². The van der Waals surface area contributed by atoms with E-state index in [4.69, 9.17) is 4.74 Å².